The Morgan fingerprint density at radius 3 is 1.94 bits per heavy atom. The van der Waals surface area contributed by atoms with Gasteiger partial charge in [-0.2, -0.15) is 0 Å². The monoisotopic (exact) mass is 788 g/mol. The van der Waals surface area contributed by atoms with Crippen molar-refractivity contribution >= 4 is 40.3 Å². The summed E-state index contributed by atoms with van der Waals surface area (Å²) in [5, 5.41) is 26.2. The number of aliphatic hydroxyl groups is 2. The van der Waals surface area contributed by atoms with Crippen LogP contribution in [0.5, 0.6) is 0 Å². The zero-order valence-corrected chi connectivity index (χ0v) is 36.7. The van der Waals surface area contributed by atoms with E-state index in [-0.39, 0.29) is 24.8 Å². The Bertz CT molecular complexity index is 1610. The number of esters is 3. The smallest absolute Gasteiger partial charge is 0.338 e. The third-order valence-electron chi connectivity index (χ3n) is 13.0. The molecule has 0 heterocycles. The van der Waals surface area contributed by atoms with Gasteiger partial charge in [0, 0.05) is 32.1 Å². The molecule has 3 aliphatic carbocycles. The summed E-state index contributed by atoms with van der Waals surface area (Å²) in [6.45, 7) is 23.4. The Hall–Kier alpha value is -2.69. The minimum atomic E-state index is -2.57. The third kappa shape index (κ3) is 7.45. The molecule has 0 spiro atoms. The van der Waals surface area contributed by atoms with Crippen molar-refractivity contribution in [2.45, 2.75) is 168 Å². The topological polar surface area (TPSA) is 155 Å². The summed E-state index contributed by atoms with van der Waals surface area (Å²) in [5.41, 5.74) is -5.84. The highest BCUT2D eigenvalue weighted by atomic mass is 28.4. The second kappa shape index (κ2) is 15.7. The number of aliphatic hydroxyl groups excluding tert-OH is 1. The Kier molecular flexibility index (Phi) is 12.8. The SMILES string of the molecule is CC[C@]1(OC(C)=O)[C@H](O)C[C@H](O[Si](CC)(CC)CC)[C@@]2(C)C(=O)[C@H](OC(C)=O)C3=C(C)[C@@H](O[Si](C)(C)C)C[C@@](O)([C@@H](OC(=O)c4ccccc4)[C@H]12)C3(C)C. The van der Waals surface area contributed by atoms with Gasteiger partial charge >= 0.3 is 17.9 Å². The van der Waals surface area contributed by atoms with Crippen molar-refractivity contribution in [1.82, 2.24) is 0 Å². The maximum absolute atomic E-state index is 16.0. The average Bonchev–Trinajstić information content (AvgIpc) is 3.09. The Morgan fingerprint density at radius 2 is 1.46 bits per heavy atom. The lowest BCUT2D eigenvalue weighted by Gasteiger charge is -2.65. The van der Waals surface area contributed by atoms with E-state index in [0.29, 0.717) is 11.1 Å². The van der Waals surface area contributed by atoms with Crippen LogP contribution in [0.3, 0.4) is 0 Å². The van der Waals surface area contributed by atoms with Crippen LogP contribution in [0.1, 0.15) is 98.9 Å². The molecule has 9 atom stereocenters. The first kappa shape index (κ1) is 44.0. The zero-order chi connectivity index (χ0) is 40.8. The molecule has 2 bridgehead atoms. The number of hydrogen-bond acceptors (Lipinski definition) is 11. The molecule has 2 N–H and O–H groups in total. The van der Waals surface area contributed by atoms with Gasteiger partial charge in [0.05, 0.1) is 35.2 Å². The van der Waals surface area contributed by atoms with Gasteiger partial charge in [-0.1, -0.05) is 59.7 Å². The largest absolute Gasteiger partial charge is 0.456 e. The molecule has 54 heavy (non-hydrogen) atoms. The molecular weight excluding hydrogens is 725 g/mol. The molecule has 302 valence electrons. The van der Waals surface area contributed by atoms with Crippen LogP contribution in [-0.2, 0) is 37.4 Å². The van der Waals surface area contributed by atoms with E-state index < -0.39 is 98.8 Å². The highest BCUT2D eigenvalue weighted by molar-refractivity contribution is 6.73. The molecule has 3 aliphatic rings. The predicted octanol–water partition coefficient (Wildman–Crippen LogP) is 6.91. The van der Waals surface area contributed by atoms with Crippen LogP contribution in [0.25, 0.3) is 0 Å². The van der Waals surface area contributed by atoms with E-state index in [9.17, 15) is 24.6 Å². The van der Waals surface area contributed by atoms with Crippen LogP contribution in [-0.4, -0.2) is 92.3 Å². The van der Waals surface area contributed by atoms with E-state index in [0.717, 1.165) is 18.1 Å². The number of ketones is 1. The number of fused-ring (bicyclic) bond motifs is 3. The molecular formula is C41H64O11Si2. The normalized spacial score (nSPS) is 33.9. The summed E-state index contributed by atoms with van der Waals surface area (Å²) in [6, 6.07) is 10.5. The van der Waals surface area contributed by atoms with Crippen LogP contribution >= 0.6 is 0 Å². The van der Waals surface area contributed by atoms with E-state index in [1.54, 1.807) is 58.0 Å². The molecule has 0 saturated heterocycles. The summed E-state index contributed by atoms with van der Waals surface area (Å²) in [4.78, 5) is 56.7. The number of carbonyl (C=O) groups is 4. The molecule has 0 radical (unpaired) electrons. The number of rotatable bonds is 12. The van der Waals surface area contributed by atoms with Crippen LogP contribution < -0.4 is 0 Å². The summed E-state index contributed by atoms with van der Waals surface area (Å²) >= 11 is 0. The number of hydrogen-bond donors (Lipinski definition) is 2. The molecule has 0 unspecified atom stereocenters. The number of Topliss-reactive ketones (excluding diaryl/α,β-unsaturated/α-hetero) is 1. The Morgan fingerprint density at radius 1 is 0.889 bits per heavy atom. The fraction of sp³-hybridized carbons (Fsp3) is 0.707. The first-order chi connectivity index (χ1) is 24.9. The van der Waals surface area contributed by atoms with Crippen LogP contribution in [0.4, 0.5) is 0 Å². The van der Waals surface area contributed by atoms with E-state index in [4.69, 9.17) is 23.1 Å². The molecule has 13 heteroatoms. The average molecular weight is 789 g/mol. The minimum absolute atomic E-state index is 0.00338. The molecule has 4 rings (SSSR count). The second-order valence-electron chi connectivity index (χ2n) is 17.4. The number of benzene rings is 1. The van der Waals surface area contributed by atoms with Crippen molar-refractivity contribution in [3.05, 3.63) is 47.0 Å². The van der Waals surface area contributed by atoms with E-state index >= 15 is 4.79 Å². The van der Waals surface area contributed by atoms with Gasteiger partial charge in [-0.15, -0.1) is 0 Å². The molecule has 0 aromatic heterocycles. The molecule has 11 nitrogen and oxygen atoms in total. The van der Waals surface area contributed by atoms with Crippen molar-refractivity contribution in [1.29, 1.82) is 0 Å². The predicted molar refractivity (Wildman–Crippen MR) is 210 cm³/mol. The molecule has 2 saturated carbocycles. The van der Waals surface area contributed by atoms with Gasteiger partial charge in [-0.3, -0.25) is 14.4 Å². The van der Waals surface area contributed by atoms with E-state index in [1.165, 1.54) is 13.8 Å². The lowest BCUT2D eigenvalue weighted by atomic mass is 9.45. The van der Waals surface area contributed by atoms with Crippen molar-refractivity contribution in [2.75, 3.05) is 0 Å². The van der Waals surface area contributed by atoms with Crippen molar-refractivity contribution in [2.24, 2.45) is 16.7 Å². The molecule has 1 aromatic carbocycles. The maximum Gasteiger partial charge on any atom is 0.338 e. The van der Waals surface area contributed by atoms with Gasteiger partial charge in [-0.05, 0) is 81.3 Å². The fourth-order valence-corrected chi connectivity index (χ4v) is 13.9. The highest BCUT2D eigenvalue weighted by Crippen LogP contribution is 2.64. The lowest BCUT2D eigenvalue weighted by molar-refractivity contribution is -0.282. The summed E-state index contributed by atoms with van der Waals surface area (Å²) in [7, 11) is -4.93. The van der Waals surface area contributed by atoms with Gasteiger partial charge in [0.1, 0.15) is 17.3 Å². The minimum Gasteiger partial charge on any atom is -0.456 e. The molecule has 2 fully saturated rings. The van der Waals surface area contributed by atoms with Gasteiger partial charge in [-0.25, -0.2) is 4.79 Å². The van der Waals surface area contributed by atoms with Crippen molar-refractivity contribution in [3.8, 4) is 0 Å². The lowest BCUT2D eigenvalue weighted by Crippen LogP contribution is -2.78. The first-order valence-corrected chi connectivity index (χ1v) is 25.5. The van der Waals surface area contributed by atoms with Crippen LogP contribution in [0.15, 0.2) is 41.5 Å². The first-order valence-electron chi connectivity index (χ1n) is 19.6. The molecule has 1 aromatic rings. The second-order valence-corrected chi connectivity index (χ2v) is 26.6. The number of carbonyl (C=O) groups excluding carboxylic acids is 4. The van der Waals surface area contributed by atoms with Crippen molar-refractivity contribution < 1.29 is 52.5 Å². The Balaban J connectivity index is 2.25. The Labute approximate surface area is 323 Å². The third-order valence-corrected chi connectivity index (χ3v) is 18.7. The van der Waals surface area contributed by atoms with Crippen LogP contribution in [0, 0.1) is 16.7 Å². The molecule has 0 aliphatic heterocycles. The van der Waals surface area contributed by atoms with Crippen molar-refractivity contribution in [3.63, 3.8) is 0 Å². The number of ether oxygens (including phenoxy) is 3. The standard InChI is InChI=1S/C41H64O11Si2/c1-14-40(50-27(7)43)30(44)23-31(52-54(15-2,16-3)17-4)39(10)34(40)36(49-37(46)28-21-19-18-20-22-28)41(47)24-29(51-53(11,12)13)25(5)32(38(41,8)9)33(35(39)45)48-26(6)42/h18-22,29-31,33-34,36,44,47H,14-17,23-24H2,1-13H3/t29-,30+,31-,33+,34-,36-,39+,40-,41+/m0/s1. The zero-order valence-electron chi connectivity index (χ0n) is 34.7. The van der Waals surface area contributed by atoms with Gasteiger partial charge < -0.3 is 33.3 Å². The highest BCUT2D eigenvalue weighted by Gasteiger charge is 2.76. The van der Waals surface area contributed by atoms with Crippen LogP contribution in [0.2, 0.25) is 37.8 Å². The summed E-state index contributed by atoms with van der Waals surface area (Å²) in [5.74, 6) is -4.13. The fourth-order valence-electron chi connectivity index (χ4n) is 9.89. The maximum atomic E-state index is 16.0. The summed E-state index contributed by atoms with van der Waals surface area (Å²) < 4.78 is 32.9. The summed E-state index contributed by atoms with van der Waals surface area (Å²) in [6.07, 6.45) is -6.41. The quantitative estimate of drug-likeness (QED) is 0.0983. The van der Waals surface area contributed by atoms with E-state index in [2.05, 4.69) is 20.8 Å². The van der Waals surface area contributed by atoms with E-state index in [1.807, 2.05) is 26.6 Å². The molecule has 0 amide bonds. The van der Waals surface area contributed by atoms with Gasteiger partial charge in [0.15, 0.2) is 28.5 Å². The van der Waals surface area contributed by atoms with Gasteiger partial charge in [0.2, 0.25) is 0 Å². The van der Waals surface area contributed by atoms with Gasteiger partial charge in [0.25, 0.3) is 0 Å².